The number of carbonyl (C=O) groups is 1. The summed E-state index contributed by atoms with van der Waals surface area (Å²) in [6.45, 7) is 5.86. The van der Waals surface area contributed by atoms with Crippen LogP contribution in [0.5, 0.6) is 0 Å². The van der Waals surface area contributed by atoms with Gasteiger partial charge in [-0.25, -0.2) is 4.98 Å². The summed E-state index contributed by atoms with van der Waals surface area (Å²) in [6.07, 6.45) is 4.36. The van der Waals surface area contributed by atoms with Crippen molar-refractivity contribution in [3.8, 4) is 0 Å². The van der Waals surface area contributed by atoms with Crippen molar-refractivity contribution in [2.24, 2.45) is 0 Å². The molecule has 2 aromatic heterocycles. The van der Waals surface area contributed by atoms with Gasteiger partial charge in [0, 0.05) is 25.9 Å². The van der Waals surface area contributed by atoms with Gasteiger partial charge in [-0.3, -0.25) is 4.79 Å². The van der Waals surface area contributed by atoms with Crippen molar-refractivity contribution >= 4 is 22.8 Å². The topological polar surface area (TPSA) is 84.1 Å². The van der Waals surface area contributed by atoms with E-state index in [-0.39, 0.29) is 11.9 Å². The summed E-state index contributed by atoms with van der Waals surface area (Å²) < 4.78 is 5.42. The second kappa shape index (κ2) is 8.59. The quantitative estimate of drug-likeness (QED) is 0.687. The van der Waals surface area contributed by atoms with Gasteiger partial charge in [-0.2, -0.15) is 4.98 Å². The average Bonchev–Trinajstić information content (AvgIpc) is 3.13. The molecular weight excluding hydrogens is 366 g/mol. The highest BCUT2D eigenvalue weighted by Crippen LogP contribution is 2.29. The molecule has 0 bridgehead atoms. The van der Waals surface area contributed by atoms with Crippen LogP contribution in [0.15, 0.2) is 34.9 Å². The second-order valence-corrected chi connectivity index (χ2v) is 7.66. The molecule has 29 heavy (non-hydrogen) atoms. The third kappa shape index (κ3) is 4.39. The first kappa shape index (κ1) is 19.4. The summed E-state index contributed by atoms with van der Waals surface area (Å²) in [5.74, 6) is 1.50. The van der Waals surface area contributed by atoms with Crippen molar-refractivity contribution in [3.05, 3.63) is 47.4 Å². The third-order valence-corrected chi connectivity index (χ3v) is 5.44. The predicted octanol–water partition coefficient (Wildman–Crippen LogP) is 3.73. The fourth-order valence-electron chi connectivity index (χ4n) is 3.82. The maximum Gasteiger partial charge on any atom is 0.263 e. The van der Waals surface area contributed by atoms with E-state index in [4.69, 9.17) is 9.51 Å². The van der Waals surface area contributed by atoms with Crippen LogP contribution >= 0.6 is 0 Å². The molecule has 7 nitrogen and oxygen atoms in total. The first-order valence-corrected chi connectivity index (χ1v) is 10.3. The number of fused-ring (bicyclic) bond motifs is 1. The molecule has 0 radical (unpaired) electrons. The molecule has 152 valence electrons. The third-order valence-electron chi connectivity index (χ3n) is 5.44. The number of piperidine rings is 1. The average molecular weight is 393 g/mol. The molecule has 1 aliphatic rings. The standard InChI is InChI=1S/C22H27N5O2/c1-15(17-9-5-3-6-10-17)23-19(28)12-11-18-24-21(27-13-7-4-8-14-27)20-16(2)26-29-22(20)25-18/h3,5-6,9-10,15H,4,7-8,11-14H2,1-2H3,(H,23,28). The Morgan fingerprint density at radius 2 is 1.93 bits per heavy atom. The number of aryl methyl sites for hydroxylation is 2. The number of carbonyl (C=O) groups excluding carboxylic acids is 1. The number of hydrogen-bond donors (Lipinski definition) is 1. The van der Waals surface area contributed by atoms with E-state index in [1.807, 2.05) is 44.2 Å². The molecule has 3 aromatic rings. The van der Waals surface area contributed by atoms with Crippen molar-refractivity contribution in [1.82, 2.24) is 20.4 Å². The van der Waals surface area contributed by atoms with Crippen LogP contribution in [0.2, 0.25) is 0 Å². The predicted molar refractivity (Wildman–Crippen MR) is 112 cm³/mol. The molecule has 1 amide bonds. The van der Waals surface area contributed by atoms with Gasteiger partial charge in [0.2, 0.25) is 5.91 Å². The van der Waals surface area contributed by atoms with Crippen LogP contribution < -0.4 is 10.2 Å². The van der Waals surface area contributed by atoms with E-state index in [0.717, 1.165) is 48.4 Å². The summed E-state index contributed by atoms with van der Waals surface area (Å²) in [4.78, 5) is 24.0. The number of hydrogen-bond acceptors (Lipinski definition) is 6. The summed E-state index contributed by atoms with van der Waals surface area (Å²) in [5.41, 5.74) is 2.40. The molecule has 1 saturated heterocycles. The zero-order chi connectivity index (χ0) is 20.2. The molecule has 0 aliphatic carbocycles. The lowest BCUT2D eigenvalue weighted by Gasteiger charge is -2.28. The van der Waals surface area contributed by atoms with Gasteiger partial charge in [0.25, 0.3) is 5.71 Å². The highest BCUT2D eigenvalue weighted by molar-refractivity contribution is 5.88. The van der Waals surface area contributed by atoms with Crippen molar-refractivity contribution in [3.63, 3.8) is 0 Å². The number of rotatable bonds is 6. The van der Waals surface area contributed by atoms with E-state index in [0.29, 0.717) is 24.4 Å². The summed E-state index contributed by atoms with van der Waals surface area (Å²) in [7, 11) is 0. The van der Waals surface area contributed by atoms with E-state index in [9.17, 15) is 4.79 Å². The molecule has 1 aromatic carbocycles. The zero-order valence-corrected chi connectivity index (χ0v) is 17.0. The monoisotopic (exact) mass is 393 g/mol. The minimum atomic E-state index is -0.0343. The van der Waals surface area contributed by atoms with Crippen molar-refractivity contribution in [2.45, 2.75) is 52.0 Å². The number of amides is 1. The Hall–Kier alpha value is -2.96. The Bertz CT molecular complexity index is 980. The van der Waals surface area contributed by atoms with E-state index >= 15 is 0 Å². The van der Waals surface area contributed by atoms with Gasteiger partial charge in [0.1, 0.15) is 17.0 Å². The fourth-order valence-corrected chi connectivity index (χ4v) is 3.82. The summed E-state index contributed by atoms with van der Waals surface area (Å²) in [5, 5.41) is 8.01. The molecule has 1 aliphatic heterocycles. The molecule has 7 heteroatoms. The molecule has 1 atom stereocenters. The van der Waals surface area contributed by atoms with Gasteiger partial charge in [-0.05, 0) is 38.7 Å². The Labute approximate surface area is 170 Å². The van der Waals surface area contributed by atoms with E-state index in [2.05, 4.69) is 20.4 Å². The van der Waals surface area contributed by atoms with Crippen molar-refractivity contribution in [2.75, 3.05) is 18.0 Å². The van der Waals surface area contributed by atoms with Gasteiger partial charge in [0.05, 0.1) is 11.7 Å². The Balaban J connectivity index is 1.47. The van der Waals surface area contributed by atoms with Crippen LogP contribution in [-0.4, -0.2) is 34.1 Å². The van der Waals surface area contributed by atoms with Crippen LogP contribution in [0.1, 0.15) is 55.7 Å². The second-order valence-electron chi connectivity index (χ2n) is 7.66. The lowest BCUT2D eigenvalue weighted by atomic mass is 10.1. The number of anilines is 1. The molecule has 0 spiro atoms. The number of aromatic nitrogens is 3. The molecule has 3 heterocycles. The van der Waals surface area contributed by atoms with E-state index in [1.165, 1.54) is 6.42 Å². The molecule has 1 N–H and O–H groups in total. The number of benzene rings is 1. The Kier molecular flexibility index (Phi) is 5.74. The van der Waals surface area contributed by atoms with Crippen LogP contribution in [0.3, 0.4) is 0 Å². The minimum absolute atomic E-state index is 0.0154. The summed E-state index contributed by atoms with van der Waals surface area (Å²) >= 11 is 0. The number of nitrogens with one attached hydrogen (secondary N) is 1. The first-order chi connectivity index (χ1) is 14.1. The van der Waals surface area contributed by atoms with Gasteiger partial charge < -0.3 is 14.7 Å². The minimum Gasteiger partial charge on any atom is -0.356 e. The normalized spacial score (nSPS) is 15.4. The van der Waals surface area contributed by atoms with Gasteiger partial charge >= 0.3 is 0 Å². The maximum atomic E-state index is 12.4. The van der Waals surface area contributed by atoms with Gasteiger partial charge in [-0.1, -0.05) is 35.5 Å². The van der Waals surface area contributed by atoms with Crippen LogP contribution in [0.25, 0.3) is 11.1 Å². The summed E-state index contributed by atoms with van der Waals surface area (Å²) in [6, 6.07) is 9.91. The molecule has 1 unspecified atom stereocenters. The zero-order valence-electron chi connectivity index (χ0n) is 17.0. The lowest BCUT2D eigenvalue weighted by molar-refractivity contribution is -0.121. The number of nitrogens with zero attached hydrogens (tertiary/aromatic N) is 4. The molecule has 4 rings (SSSR count). The van der Waals surface area contributed by atoms with Gasteiger partial charge in [0.15, 0.2) is 0 Å². The first-order valence-electron chi connectivity index (χ1n) is 10.3. The van der Waals surface area contributed by atoms with Crippen LogP contribution in [0, 0.1) is 6.92 Å². The maximum absolute atomic E-state index is 12.4. The Morgan fingerprint density at radius 3 is 2.69 bits per heavy atom. The van der Waals surface area contributed by atoms with E-state index in [1.54, 1.807) is 0 Å². The fraction of sp³-hybridized carbons (Fsp3) is 0.455. The van der Waals surface area contributed by atoms with E-state index < -0.39 is 0 Å². The largest absolute Gasteiger partial charge is 0.356 e. The molecular formula is C22H27N5O2. The van der Waals surface area contributed by atoms with Crippen molar-refractivity contribution in [1.29, 1.82) is 0 Å². The lowest BCUT2D eigenvalue weighted by Crippen LogP contribution is -2.31. The highest BCUT2D eigenvalue weighted by Gasteiger charge is 2.21. The molecule has 0 saturated carbocycles. The molecule has 1 fully saturated rings. The van der Waals surface area contributed by atoms with Crippen LogP contribution in [-0.2, 0) is 11.2 Å². The smallest absolute Gasteiger partial charge is 0.263 e. The highest BCUT2D eigenvalue weighted by atomic mass is 16.5. The van der Waals surface area contributed by atoms with Crippen molar-refractivity contribution < 1.29 is 9.32 Å². The SMILES string of the molecule is Cc1noc2nc(CCC(=O)NC(C)c3ccccc3)nc(N3CCCCC3)c12. The Morgan fingerprint density at radius 1 is 1.17 bits per heavy atom. The van der Waals surface area contributed by atoms with Crippen LogP contribution in [0.4, 0.5) is 5.82 Å². The van der Waals surface area contributed by atoms with Gasteiger partial charge in [-0.15, -0.1) is 0 Å².